The van der Waals surface area contributed by atoms with Crippen LogP contribution in [0.5, 0.6) is 0 Å². The highest BCUT2D eigenvalue weighted by Crippen LogP contribution is 2.39. The first kappa shape index (κ1) is 17.7. The molecule has 1 spiro atoms. The summed E-state index contributed by atoms with van der Waals surface area (Å²) in [4.78, 5) is 0.510. The van der Waals surface area contributed by atoms with Gasteiger partial charge in [-0.15, -0.1) is 12.4 Å². The lowest BCUT2D eigenvalue weighted by Crippen LogP contribution is -2.34. The molecule has 0 saturated carbocycles. The molecule has 4 nitrogen and oxygen atoms in total. The van der Waals surface area contributed by atoms with E-state index in [9.17, 15) is 8.42 Å². The molecule has 2 fully saturated rings. The summed E-state index contributed by atoms with van der Waals surface area (Å²) in [6.45, 7) is 9.07. The van der Waals surface area contributed by atoms with E-state index in [1.807, 2.05) is 32.9 Å². The Bertz CT molecular complexity index is 644. The lowest BCUT2D eigenvalue weighted by atomic mass is 9.87. The molecule has 1 N–H and O–H groups in total. The normalized spacial score (nSPS) is 25.6. The molecule has 1 aromatic carbocycles. The lowest BCUT2D eigenvalue weighted by molar-refractivity contribution is 0.338. The largest absolute Gasteiger partial charge is 0.316 e. The highest BCUT2D eigenvalue weighted by atomic mass is 35.5. The second-order valence-corrected chi connectivity index (χ2v) is 8.62. The molecule has 2 heterocycles. The van der Waals surface area contributed by atoms with Crippen LogP contribution in [0.2, 0.25) is 0 Å². The Balaban J connectivity index is 0.00000176. The van der Waals surface area contributed by atoms with Crippen LogP contribution in [0.4, 0.5) is 0 Å². The first-order valence-electron chi connectivity index (χ1n) is 7.63. The minimum absolute atomic E-state index is 0. The second-order valence-electron chi connectivity index (χ2n) is 6.74. The van der Waals surface area contributed by atoms with E-state index in [1.54, 1.807) is 4.31 Å². The lowest BCUT2D eigenvalue weighted by Gasteiger charge is -2.24. The van der Waals surface area contributed by atoms with Gasteiger partial charge in [0, 0.05) is 19.6 Å². The van der Waals surface area contributed by atoms with Crippen LogP contribution in [-0.2, 0) is 10.0 Å². The predicted molar refractivity (Wildman–Crippen MR) is 91.2 cm³/mol. The van der Waals surface area contributed by atoms with Gasteiger partial charge in [-0.2, -0.15) is 4.31 Å². The molecular formula is C16H25ClN2O2S. The van der Waals surface area contributed by atoms with Gasteiger partial charge < -0.3 is 5.32 Å². The third-order valence-electron chi connectivity index (χ3n) is 4.94. The molecule has 6 heteroatoms. The maximum Gasteiger partial charge on any atom is 0.243 e. The van der Waals surface area contributed by atoms with Crippen LogP contribution >= 0.6 is 12.4 Å². The van der Waals surface area contributed by atoms with Crippen molar-refractivity contribution >= 4 is 22.4 Å². The summed E-state index contributed by atoms with van der Waals surface area (Å²) in [5.74, 6) is 0. The summed E-state index contributed by atoms with van der Waals surface area (Å²) in [5.41, 5.74) is 3.00. The van der Waals surface area contributed by atoms with Gasteiger partial charge in [-0.25, -0.2) is 8.42 Å². The standard InChI is InChI=1S/C16H24N2O2S.ClH/c1-12-8-13(2)15(14(3)9-12)21(19,20)18-7-5-16(11-18)4-6-17-10-16;/h8-9,17H,4-7,10-11H2,1-3H3;1H. The zero-order valence-corrected chi connectivity index (χ0v) is 15.1. The van der Waals surface area contributed by atoms with E-state index in [-0.39, 0.29) is 17.8 Å². The van der Waals surface area contributed by atoms with Crippen LogP contribution < -0.4 is 5.32 Å². The van der Waals surface area contributed by atoms with E-state index >= 15 is 0 Å². The molecule has 1 atom stereocenters. The molecule has 2 aliphatic heterocycles. The van der Waals surface area contributed by atoms with Crippen LogP contribution in [0.1, 0.15) is 29.5 Å². The van der Waals surface area contributed by atoms with Crippen LogP contribution in [0, 0.1) is 26.2 Å². The van der Waals surface area contributed by atoms with Crippen molar-refractivity contribution in [2.45, 2.75) is 38.5 Å². The van der Waals surface area contributed by atoms with E-state index in [1.165, 1.54) is 0 Å². The number of halogens is 1. The number of nitrogens with one attached hydrogen (secondary N) is 1. The Morgan fingerprint density at radius 1 is 1.14 bits per heavy atom. The van der Waals surface area contributed by atoms with Gasteiger partial charge in [-0.05, 0) is 56.7 Å². The second kappa shape index (κ2) is 6.11. The molecule has 3 rings (SSSR count). The zero-order valence-electron chi connectivity index (χ0n) is 13.5. The van der Waals surface area contributed by atoms with Crippen molar-refractivity contribution in [1.82, 2.24) is 9.62 Å². The fourth-order valence-corrected chi connectivity index (χ4v) is 5.91. The Hall–Kier alpha value is -0.620. The molecule has 1 aromatic rings. The summed E-state index contributed by atoms with van der Waals surface area (Å²) in [7, 11) is -3.37. The van der Waals surface area contributed by atoms with Crippen molar-refractivity contribution in [3.8, 4) is 0 Å². The molecule has 0 radical (unpaired) electrons. The van der Waals surface area contributed by atoms with Crippen LogP contribution in [0.15, 0.2) is 17.0 Å². The summed E-state index contributed by atoms with van der Waals surface area (Å²) >= 11 is 0. The maximum atomic E-state index is 13.0. The SMILES string of the molecule is Cc1cc(C)c(S(=O)(=O)N2CCC3(CCNC3)C2)c(C)c1.Cl. The zero-order chi connectivity index (χ0) is 15.3. The predicted octanol–water partition coefficient (Wildman–Crippen LogP) is 2.41. The van der Waals surface area contributed by atoms with Crippen LogP contribution in [0.25, 0.3) is 0 Å². The van der Waals surface area contributed by atoms with Gasteiger partial charge in [0.1, 0.15) is 0 Å². The van der Waals surface area contributed by atoms with Gasteiger partial charge in [0.05, 0.1) is 4.90 Å². The molecular weight excluding hydrogens is 320 g/mol. The Morgan fingerprint density at radius 3 is 2.32 bits per heavy atom. The number of aryl methyl sites for hydroxylation is 3. The number of hydrogen-bond acceptors (Lipinski definition) is 3. The molecule has 0 amide bonds. The van der Waals surface area contributed by atoms with Gasteiger partial charge in [0.15, 0.2) is 0 Å². The van der Waals surface area contributed by atoms with Crippen molar-refractivity contribution in [3.63, 3.8) is 0 Å². The van der Waals surface area contributed by atoms with Crippen molar-refractivity contribution < 1.29 is 8.42 Å². The monoisotopic (exact) mass is 344 g/mol. The Kier molecular flexibility index (Phi) is 4.93. The van der Waals surface area contributed by atoms with Crippen molar-refractivity contribution in [1.29, 1.82) is 0 Å². The number of sulfonamides is 1. The van der Waals surface area contributed by atoms with E-state index in [0.717, 1.165) is 42.6 Å². The van der Waals surface area contributed by atoms with Crippen molar-refractivity contribution in [2.75, 3.05) is 26.2 Å². The van der Waals surface area contributed by atoms with Crippen molar-refractivity contribution in [2.24, 2.45) is 5.41 Å². The first-order chi connectivity index (χ1) is 9.84. The highest BCUT2D eigenvalue weighted by molar-refractivity contribution is 7.89. The van der Waals surface area contributed by atoms with Gasteiger partial charge in [0.2, 0.25) is 10.0 Å². The van der Waals surface area contributed by atoms with Crippen LogP contribution in [0.3, 0.4) is 0 Å². The Morgan fingerprint density at radius 2 is 1.77 bits per heavy atom. The molecule has 0 aliphatic carbocycles. The molecule has 0 aromatic heterocycles. The minimum atomic E-state index is -3.37. The van der Waals surface area contributed by atoms with Crippen molar-refractivity contribution in [3.05, 3.63) is 28.8 Å². The summed E-state index contributed by atoms with van der Waals surface area (Å²) in [5, 5.41) is 3.38. The van der Waals surface area contributed by atoms with Gasteiger partial charge in [-0.1, -0.05) is 17.7 Å². The highest BCUT2D eigenvalue weighted by Gasteiger charge is 2.44. The number of nitrogens with zero attached hydrogens (tertiary/aromatic N) is 1. The van der Waals surface area contributed by atoms with E-state index in [2.05, 4.69) is 5.32 Å². The quantitative estimate of drug-likeness (QED) is 0.896. The number of rotatable bonds is 2. The van der Waals surface area contributed by atoms with Gasteiger partial charge in [-0.3, -0.25) is 0 Å². The third-order valence-corrected chi connectivity index (χ3v) is 7.09. The minimum Gasteiger partial charge on any atom is -0.316 e. The first-order valence-corrected chi connectivity index (χ1v) is 9.07. The molecule has 2 saturated heterocycles. The van der Waals surface area contributed by atoms with E-state index in [4.69, 9.17) is 0 Å². The molecule has 22 heavy (non-hydrogen) atoms. The van der Waals surface area contributed by atoms with Gasteiger partial charge >= 0.3 is 0 Å². The van der Waals surface area contributed by atoms with E-state index < -0.39 is 10.0 Å². The molecule has 0 bridgehead atoms. The van der Waals surface area contributed by atoms with E-state index in [0.29, 0.717) is 18.0 Å². The summed E-state index contributed by atoms with van der Waals surface area (Å²) in [6, 6.07) is 3.92. The maximum absolute atomic E-state index is 13.0. The summed E-state index contributed by atoms with van der Waals surface area (Å²) < 4.78 is 27.8. The number of benzene rings is 1. The fourth-order valence-electron chi connectivity index (χ4n) is 3.95. The third kappa shape index (κ3) is 2.92. The molecule has 2 aliphatic rings. The smallest absolute Gasteiger partial charge is 0.243 e. The molecule has 1 unspecified atom stereocenters. The average molecular weight is 345 g/mol. The molecule has 124 valence electrons. The topological polar surface area (TPSA) is 49.4 Å². The van der Waals surface area contributed by atoms with Gasteiger partial charge in [0.25, 0.3) is 0 Å². The Labute approximate surface area is 139 Å². The van der Waals surface area contributed by atoms with Crippen LogP contribution in [-0.4, -0.2) is 38.9 Å². The summed E-state index contributed by atoms with van der Waals surface area (Å²) in [6.07, 6.45) is 2.06. The number of hydrogen-bond donors (Lipinski definition) is 1. The fraction of sp³-hybridized carbons (Fsp3) is 0.625. The average Bonchev–Trinajstić information content (AvgIpc) is 2.99.